The van der Waals surface area contributed by atoms with Crippen molar-refractivity contribution < 1.29 is 20.1 Å². The maximum atomic E-state index is 10.5. The van der Waals surface area contributed by atoms with E-state index in [4.69, 9.17) is 4.74 Å². The number of hydrogen-bond donors (Lipinski definition) is 3. The molecule has 3 N–H and O–H groups in total. The highest BCUT2D eigenvalue weighted by Crippen LogP contribution is 2.59. The molecular formula is C27H44O4. The Kier molecular flexibility index (Phi) is 6.51. The first-order chi connectivity index (χ1) is 14.6. The van der Waals surface area contributed by atoms with Gasteiger partial charge in [-0.2, -0.15) is 0 Å². The van der Waals surface area contributed by atoms with Gasteiger partial charge in [0.05, 0.1) is 23.9 Å². The van der Waals surface area contributed by atoms with Crippen molar-refractivity contribution in [3.8, 4) is 0 Å². The Morgan fingerprint density at radius 3 is 2.39 bits per heavy atom. The van der Waals surface area contributed by atoms with Gasteiger partial charge in [-0.3, -0.25) is 0 Å². The molecule has 0 aliphatic heterocycles. The standard InChI is InChI=1S/C27H44O4/c1-18(31-15-14-25(2,3)30)21-9-10-22-20(6-5-11-26(21,22)4)8-7-19-16-23(28)27(12-13-27)24(29)17-19/h7-8,18,21-24,28-30H,5-6,9-17H2,1-4H3. The van der Waals surface area contributed by atoms with E-state index in [9.17, 15) is 15.3 Å². The lowest BCUT2D eigenvalue weighted by Crippen LogP contribution is -2.39. The topological polar surface area (TPSA) is 69.9 Å². The van der Waals surface area contributed by atoms with Gasteiger partial charge in [-0.15, -0.1) is 0 Å². The first-order valence-electron chi connectivity index (χ1n) is 12.6. The molecule has 4 saturated carbocycles. The zero-order chi connectivity index (χ0) is 22.4. The van der Waals surface area contributed by atoms with Crippen molar-refractivity contribution in [3.05, 3.63) is 23.3 Å². The van der Waals surface area contributed by atoms with Crippen molar-refractivity contribution in [2.24, 2.45) is 22.7 Å². The highest BCUT2D eigenvalue weighted by atomic mass is 16.5. The van der Waals surface area contributed by atoms with E-state index in [0.717, 1.165) is 25.7 Å². The molecule has 0 radical (unpaired) electrons. The smallest absolute Gasteiger partial charge is 0.0658 e. The largest absolute Gasteiger partial charge is 0.392 e. The van der Waals surface area contributed by atoms with Gasteiger partial charge < -0.3 is 20.1 Å². The van der Waals surface area contributed by atoms with Gasteiger partial charge in [0.1, 0.15) is 0 Å². The normalized spacial score (nSPS) is 39.6. The van der Waals surface area contributed by atoms with Crippen LogP contribution in [0.3, 0.4) is 0 Å². The molecule has 0 heterocycles. The number of ether oxygens (including phenoxy) is 1. The molecule has 0 aromatic rings. The van der Waals surface area contributed by atoms with E-state index in [1.54, 1.807) is 5.57 Å². The van der Waals surface area contributed by atoms with Gasteiger partial charge in [-0.25, -0.2) is 0 Å². The number of allylic oxidation sites excluding steroid dienone is 3. The number of hydrogen-bond acceptors (Lipinski definition) is 4. The SMILES string of the molecule is CC(OCCC(C)(C)O)C1CCC2C(=CC=C3CC(O)C4(CC4)C(O)C3)CCCC21C. The minimum absolute atomic E-state index is 0.187. The van der Waals surface area contributed by atoms with Gasteiger partial charge in [0, 0.05) is 12.0 Å². The number of rotatable bonds is 6. The summed E-state index contributed by atoms with van der Waals surface area (Å²) in [5.74, 6) is 1.17. The molecule has 0 aromatic heterocycles. The van der Waals surface area contributed by atoms with Crippen LogP contribution in [0, 0.1) is 22.7 Å². The molecule has 0 bridgehead atoms. The van der Waals surface area contributed by atoms with E-state index in [-0.39, 0.29) is 29.1 Å². The monoisotopic (exact) mass is 432 g/mol. The van der Waals surface area contributed by atoms with Crippen LogP contribution in [0.5, 0.6) is 0 Å². The van der Waals surface area contributed by atoms with Crippen LogP contribution in [0.4, 0.5) is 0 Å². The number of aliphatic hydroxyl groups is 3. The highest BCUT2D eigenvalue weighted by Gasteiger charge is 2.56. The molecule has 31 heavy (non-hydrogen) atoms. The van der Waals surface area contributed by atoms with Crippen LogP contribution in [0.2, 0.25) is 0 Å². The fourth-order valence-corrected chi connectivity index (χ4v) is 7.04. The maximum Gasteiger partial charge on any atom is 0.0658 e. The van der Waals surface area contributed by atoms with E-state index in [2.05, 4.69) is 26.0 Å². The molecule has 6 atom stereocenters. The first kappa shape index (κ1) is 23.5. The lowest BCUT2D eigenvalue weighted by Gasteiger charge is -2.44. The molecule has 176 valence electrons. The molecule has 4 aliphatic carbocycles. The van der Waals surface area contributed by atoms with E-state index in [1.807, 2.05) is 13.8 Å². The van der Waals surface area contributed by atoms with E-state index < -0.39 is 5.60 Å². The van der Waals surface area contributed by atoms with Gasteiger partial charge in [0.2, 0.25) is 0 Å². The summed E-state index contributed by atoms with van der Waals surface area (Å²) in [6.45, 7) is 8.99. The summed E-state index contributed by atoms with van der Waals surface area (Å²) in [7, 11) is 0. The molecule has 1 spiro atoms. The van der Waals surface area contributed by atoms with Crippen molar-refractivity contribution in [3.63, 3.8) is 0 Å². The zero-order valence-electron chi connectivity index (χ0n) is 20.1. The number of aliphatic hydroxyl groups excluding tert-OH is 2. The van der Waals surface area contributed by atoms with Crippen LogP contribution in [0.25, 0.3) is 0 Å². The molecule has 0 saturated heterocycles. The Labute approximate surface area is 188 Å². The summed E-state index contributed by atoms with van der Waals surface area (Å²) in [6, 6.07) is 0. The minimum atomic E-state index is -0.671. The van der Waals surface area contributed by atoms with Crippen LogP contribution in [-0.4, -0.2) is 45.8 Å². The Morgan fingerprint density at radius 2 is 1.77 bits per heavy atom. The molecule has 4 fully saturated rings. The van der Waals surface area contributed by atoms with Crippen molar-refractivity contribution in [2.45, 2.75) is 116 Å². The number of fused-ring (bicyclic) bond motifs is 1. The Hall–Kier alpha value is -0.680. The Bertz CT molecular complexity index is 697. The lowest BCUT2D eigenvalue weighted by molar-refractivity contribution is -0.0454. The van der Waals surface area contributed by atoms with E-state index in [0.29, 0.717) is 24.9 Å². The average Bonchev–Trinajstić information content (AvgIpc) is 3.40. The first-order valence-corrected chi connectivity index (χ1v) is 12.6. The summed E-state index contributed by atoms with van der Waals surface area (Å²) in [4.78, 5) is 0. The van der Waals surface area contributed by atoms with Crippen LogP contribution in [0.1, 0.15) is 91.9 Å². The van der Waals surface area contributed by atoms with Crippen molar-refractivity contribution in [2.75, 3.05) is 6.61 Å². The van der Waals surface area contributed by atoms with Crippen LogP contribution in [-0.2, 0) is 4.74 Å². The average molecular weight is 433 g/mol. The minimum Gasteiger partial charge on any atom is -0.392 e. The second kappa shape index (κ2) is 8.59. The predicted octanol–water partition coefficient (Wildman–Crippen LogP) is 4.92. The molecular weight excluding hydrogens is 388 g/mol. The Morgan fingerprint density at radius 1 is 1.10 bits per heavy atom. The van der Waals surface area contributed by atoms with Gasteiger partial charge in [-0.1, -0.05) is 30.2 Å². The van der Waals surface area contributed by atoms with Gasteiger partial charge >= 0.3 is 0 Å². The second-order valence-corrected chi connectivity index (χ2v) is 12.0. The fraction of sp³-hybridized carbons (Fsp3) is 0.852. The van der Waals surface area contributed by atoms with Crippen molar-refractivity contribution >= 4 is 0 Å². The molecule has 0 amide bonds. The third kappa shape index (κ3) is 4.69. The fourth-order valence-electron chi connectivity index (χ4n) is 7.04. The molecule has 0 aromatic carbocycles. The van der Waals surface area contributed by atoms with Crippen molar-refractivity contribution in [1.82, 2.24) is 0 Å². The second-order valence-electron chi connectivity index (χ2n) is 12.0. The van der Waals surface area contributed by atoms with Gasteiger partial charge in [0.25, 0.3) is 0 Å². The highest BCUT2D eigenvalue weighted by molar-refractivity contribution is 5.28. The summed E-state index contributed by atoms with van der Waals surface area (Å²) in [6.07, 6.45) is 14.2. The maximum absolute atomic E-state index is 10.5. The molecule has 4 nitrogen and oxygen atoms in total. The predicted molar refractivity (Wildman–Crippen MR) is 124 cm³/mol. The van der Waals surface area contributed by atoms with Gasteiger partial charge in [0.15, 0.2) is 0 Å². The van der Waals surface area contributed by atoms with E-state index in [1.165, 1.54) is 37.7 Å². The molecule has 4 aliphatic rings. The van der Waals surface area contributed by atoms with Crippen molar-refractivity contribution in [1.29, 1.82) is 0 Å². The van der Waals surface area contributed by atoms with Crippen LogP contribution in [0.15, 0.2) is 23.3 Å². The van der Waals surface area contributed by atoms with Crippen LogP contribution >= 0.6 is 0 Å². The summed E-state index contributed by atoms with van der Waals surface area (Å²) in [5, 5.41) is 31.0. The third-order valence-electron chi connectivity index (χ3n) is 9.30. The van der Waals surface area contributed by atoms with E-state index >= 15 is 0 Å². The Balaban J connectivity index is 1.41. The molecule has 6 unspecified atom stereocenters. The molecule has 4 rings (SSSR count). The van der Waals surface area contributed by atoms with Gasteiger partial charge in [-0.05, 0) is 102 Å². The summed E-state index contributed by atoms with van der Waals surface area (Å²) >= 11 is 0. The quantitative estimate of drug-likeness (QED) is 0.557. The summed E-state index contributed by atoms with van der Waals surface area (Å²) in [5.41, 5.74) is 2.18. The molecule has 4 heteroatoms. The summed E-state index contributed by atoms with van der Waals surface area (Å²) < 4.78 is 6.21. The van der Waals surface area contributed by atoms with Crippen LogP contribution < -0.4 is 0 Å². The zero-order valence-corrected chi connectivity index (χ0v) is 20.1. The third-order valence-corrected chi connectivity index (χ3v) is 9.30. The lowest BCUT2D eigenvalue weighted by atomic mass is 9.62.